The van der Waals surface area contributed by atoms with E-state index in [1.807, 2.05) is 131 Å². The molecule has 10 aromatic rings. The Labute approximate surface area is 519 Å². The van der Waals surface area contributed by atoms with Gasteiger partial charge in [-0.15, -0.1) is 0 Å². The molecule has 0 bridgehead atoms. The molecule has 0 aliphatic heterocycles. The lowest BCUT2D eigenvalue weighted by molar-refractivity contribution is -0.116. The molecule has 0 aliphatic carbocycles. The molecule has 3 aromatic heterocycles. The Balaban J connectivity index is 0.000000218. The number of amides is 1. The molecule has 1 N–H and O–H groups in total. The van der Waals surface area contributed by atoms with Gasteiger partial charge in [0.05, 0.1) is 44.2 Å². The number of hydrogen-bond donors (Lipinski definition) is 1. The maximum atomic E-state index is 13.2. The lowest BCUT2D eigenvalue weighted by Gasteiger charge is -2.24. The lowest BCUT2D eigenvalue weighted by Crippen LogP contribution is -2.30. The number of pyridine rings is 2. The second kappa shape index (κ2) is 26.0. The number of hydrogen-bond acceptors (Lipinski definition) is 15. The van der Waals surface area contributed by atoms with Crippen molar-refractivity contribution in [2.45, 2.75) is 74.1 Å². The zero-order chi connectivity index (χ0) is 64.1. The molecular weight excluding hydrogens is 1180 g/mol. The molecule has 16 nitrogen and oxygen atoms in total. The van der Waals surface area contributed by atoms with Gasteiger partial charge in [0.1, 0.15) is 11.5 Å². The SMILES string of the molecule is CC(C)NC(=O)/C(=C\c1cccc(-c2cc(C(C)(C)C#N)cc3cccnc23)c1)c1ccc(S(C)(=O)=O)cc1.COc1ccc(OCc2noc(/C(=C/c3cccc(-c4cc(C(C)(C)S(C)(=O)=O)cc5cccnc45)c3)c3ccc(S(C)(=O)=O)cc3)n2)cc1. The van der Waals surface area contributed by atoms with Crippen molar-refractivity contribution in [1.82, 2.24) is 25.4 Å². The maximum Gasteiger partial charge on any atom is 0.258 e. The molecule has 1 amide bonds. The van der Waals surface area contributed by atoms with E-state index in [9.17, 15) is 35.3 Å². The van der Waals surface area contributed by atoms with Gasteiger partial charge >= 0.3 is 0 Å². The number of carbonyl (C=O) groups is 1. The summed E-state index contributed by atoms with van der Waals surface area (Å²) in [5.41, 5.74) is 9.61. The molecule has 89 heavy (non-hydrogen) atoms. The number of ether oxygens (including phenoxy) is 2. The minimum atomic E-state index is -3.45. The van der Waals surface area contributed by atoms with Gasteiger partial charge in [0, 0.05) is 70.2 Å². The van der Waals surface area contributed by atoms with Crippen LogP contribution in [0.4, 0.5) is 0 Å². The molecule has 454 valence electrons. The number of fused-ring (bicyclic) bond motifs is 2. The van der Waals surface area contributed by atoms with E-state index in [1.165, 1.54) is 30.5 Å². The van der Waals surface area contributed by atoms with E-state index < -0.39 is 39.7 Å². The average molecular weight is 1250 g/mol. The van der Waals surface area contributed by atoms with E-state index in [-0.39, 0.29) is 34.2 Å². The van der Waals surface area contributed by atoms with Gasteiger partial charge in [0.15, 0.2) is 36.1 Å². The summed E-state index contributed by atoms with van der Waals surface area (Å²) in [6.07, 6.45) is 10.7. The fourth-order valence-electron chi connectivity index (χ4n) is 9.63. The zero-order valence-electron chi connectivity index (χ0n) is 50.8. The molecule has 0 aliphatic rings. The fraction of sp³-hybridized carbons (Fsp3) is 0.200. The summed E-state index contributed by atoms with van der Waals surface area (Å²) < 4.78 is 89.5. The number of rotatable bonds is 18. The van der Waals surface area contributed by atoms with Gasteiger partial charge in [-0.3, -0.25) is 14.8 Å². The van der Waals surface area contributed by atoms with Crippen molar-refractivity contribution in [1.29, 1.82) is 5.26 Å². The molecule has 7 aromatic carbocycles. The number of carbonyl (C=O) groups excluding carboxylic acids is 1. The Hall–Kier alpha value is -9.61. The van der Waals surface area contributed by atoms with Crippen molar-refractivity contribution in [3.8, 4) is 39.8 Å². The van der Waals surface area contributed by atoms with Crippen LogP contribution in [0.25, 0.3) is 67.4 Å². The molecule has 0 unspecified atom stereocenters. The Kier molecular flexibility index (Phi) is 18.7. The van der Waals surface area contributed by atoms with Crippen molar-refractivity contribution < 1.29 is 44.0 Å². The Morgan fingerprint density at radius 1 is 0.629 bits per heavy atom. The minimum Gasteiger partial charge on any atom is -0.497 e. The van der Waals surface area contributed by atoms with Crippen molar-refractivity contribution in [2.24, 2.45) is 0 Å². The third-order valence-corrected chi connectivity index (χ3v) is 19.4. The standard InChI is InChI=1S/C38H35N3O7S2.C32H31N3O3S/c1-38(2,50(5,44)45)29-22-28-10-7-19-39-36(28)33(23-29)27-9-6-8-25(20-27)21-34(26-11-17-32(18-12-26)49(4,42)43)37-40-35(41-48-37)24-47-31-15-13-30(46-3)14-16-31;1-21(2)35-31(36)29(23-11-13-27(14-12-23)39(5,37)38)17-22-8-6-9-24(16-22)28-19-26(32(3,4)20-33)18-25-10-7-15-34-30(25)28/h6-23H,24H2,1-5H3;6-19,21H,1-5H3,(H,35,36)/b34-21+;29-17-. The molecule has 0 fully saturated rings. The number of aromatic nitrogens is 4. The topological polar surface area (TPSA) is 238 Å². The van der Waals surface area contributed by atoms with Crippen LogP contribution in [0.2, 0.25) is 0 Å². The number of benzene rings is 7. The van der Waals surface area contributed by atoms with Crippen LogP contribution in [0.3, 0.4) is 0 Å². The van der Waals surface area contributed by atoms with Gasteiger partial charge in [-0.05, 0) is 195 Å². The van der Waals surface area contributed by atoms with E-state index >= 15 is 0 Å². The highest BCUT2D eigenvalue weighted by Crippen LogP contribution is 2.39. The second-order valence-electron chi connectivity index (χ2n) is 22.8. The molecule has 0 radical (unpaired) electrons. The number of nitrogens with zero attached hydrogens (tertiary/aromatic N) is 5. The summed E-state index contributed by atoms with van der Waals surface area (Å²) in [6.45, 7) is 11.0. The van der Waals surface area contributed by atoms with Gasteiger partial charge in [0.25, 0.3) is 11.8 Å². The maximum absolute atomic E-state index is 13.2. The minimum absolute atomic E-state index is 0.0475. The van der Waals surface area contributed by atoms with Crippen LogP contribution in [-0.4, -0.2) is 83.2 Å². The molecule has 0 saturated heterocycles. The van der Waals surface area contributed by atoms with Gasteiger partial charge < -0.3 is 19.3 Å². The van der Waals surface area contributed by atoms with Gasteiger partial charge in [-0.25, -0.2) is 25.3 Å². The number of nitriles is 1. The van der Waals surface area contributed by atoms with E-state index in [0.717, 1.165) is 73.3 Å². The summed E-state index contributed by atoms with van der Waals surface area (Å²) in [7, 11) is -8.64. The first kappa shape index (κ1) is 63.9. The Bertz CT molecular complexity index is 4760. The third-order valence-electron chi connectivity index (χ3n) is 15.0. The molecule has 10 rings (SSSR count). The molecule has 0 saturated carbocycles. The summed E-state index contributed by atoms with van der Waals surface area (Å²) in [5, 5.41) is 18.6. The fourth-order valence-corrected chi connectivity index (χ4v) is 11.4. The molecular formula is C70H66N6O10S3. The first-order valence-corrected chi connectivity index (χ1v) is 33.8. The summed E-state index contributed by atoms with van der Waals surface area (Å²) in [5.74, 6) is 1.57. The molecule has 0 spiro atoms. The van der Waals surface area contributed by atoms with E-state index in [4.69, 9.17) is 14.0 Å². The Morgan fingerprint density at radius 2 is 1.13 bits per heavy atom. The summed E-state index contributed by atoms with van der Waals surface area (Å²) in [6, 6.07) is 53.1. The van der Waals surface area contributed by atoms with E-state index in [0.29, 0.717) is 45.2 Å². The molecule has 0 atom stereocenters. The predicted molar refractivity (Wildman–Crippen MR) is 350 cm³/mol. The highest BCUT2D eigenvalue weighted by atomic mass is 32.2. The average Bonchev–Trinajstić information content (AvgIpc) is 1.72. The van der Waals surface area contributed by atoms with Crippen LogP contribution >= 0.6 is 0 Å². The largest absolute Gasteiger partial charge is 0.497 e. The van der Waals surface area contributed by atoms with Crippen LogP contribution in [0.5, 0.6) is 11.5 Å². The van der Waals surface area contributed by atoms with Crippen LogP contribution in [0.1, 0.15) is 86.6 Å². The third kappa shape index (κ3) is 15.0. The lowest BCUT2D eigenvalue weighted by atomic mass is 9.83. The van der Waals surface area contributed by atoms with Crippen molar-refractivity contribution in [3.63, 3.8) is 0 Å². The van der Waals surface area contributed by atoms with Gasteiger partial charge in [0.2, 0.25) is 5.82 Å². The van der Waals surface area contributed by atoms with Crippen LogP contribution in [0, 0.1) is 11.3 Å². The monoisotopic (exact) mass is 1250 g/mol. The first-order chi connectivity index (χ1) is 42.1. The predicted octanol–water partition coefficient (Wildman–Crippen LogP) is 13.3. The van der Waals surface area contributed by atoms with Gasteiger partial charge in [-0.1, -0.05) is 78.0 Å². The number of nitrogens with one attached hydrogen (secondary N) is 1. The Morgan fingerprint density at radius 3 is 1.64 bits per heavy atom. The van der Waals surface area contributed by atoms with Gasteiger partial charge in [-0.2, -0.15) is 10.2 Å². The zero-order valence-corrected chi connectivity index (χ0v) is 53.3. The van der Waals surface area contributed by atoms with Crippen molar-refractivity contribution in [2.75, 3.05) is 25.9 Å². The number of sulfone groups is 3. The first-order valence-electron chi connectivity index (χ1n) is 28.2. The van der Waals surface area contributed by atoms with Crippen LogP contribution in [0.15, 0.2) is 197 Å². The van der Waals surface area contributed by atoms with E-state index in [1.54, 1.807) is 88.0 Å². The van der Waals surface area contributed by atoms with Crippen LogP contribution in [-0.2, 0) is 51.1 Å². The smallest absolute Gasteiger partial charge is 0.258 e. The van der Waals surface area contributed by atoms with Crippen LogP contribution < -0.4 is 14.8 Å². The van der Waals surface area contributed by atoms with E-state index in [2.05, 4.69) is 31.5 Å². The quantitative estimate of drug-likeness (QED) is 0.0621. The summed E-state index contributed by atoms with van der Waals surface area (Å²) >= 11 is 0. The highest BCUT2D eigenvalue weighted by Gasteiger charge is 2.33. The van der Waals surface area contributed by atoms with Crippen molar-refractivity contribution in [3.05, 3.63) is 227 Å². The van der Waals surface area contributed by atoms with Crippen molar-refractivity contribution >= 4 is 80.5 Å². The molecule has 3 heterocycles. The highest BCUT2D eigenvalue weighted by molar-refractivity contribution is 7.91. The second-order valence-corrected chi connectivity index (χ2v) is 29.4. The summed E-state index contributed by atoms with van der Waals surface area (Å²) in [4.78, 5) is 27.5. The number of methoxy groups -OCH3 is 1. The molecule has 19 heteroatoms. The normalized spacial score (nSPS) is 12.5.